The molecule has 160 valence electrons. The van der Waals surface area contributed by atoms with E-state index in [1.165, 1.54) is 7.11 Å². The standard InChI is InChI=1S/C25H27N3O3/c1-31-25(30)23(17-20-10-6-3-7-11-20)28-24(29)22(16-19-8-4-2-5-9-19)27-18-21-12-14-26-15-13-21/h2-15,22-23,27H,16-18H2,1H3,(H,28,29)/t22-,23-/m0/s1. The van der Waals surface area contributed by atoms with E-state index in [9.17, 15) is 9.59 Å². The fourth-order valence-electron chi connectivity index (χ4n) is 3.31. The van der Waals surface area contributed by atoms with Gasteiger partial charge in [0.1, 0.15) is 6.04 Å². The lowest BCUT2D eigenvalue weighted by atomic mass is 10.0. The van der Waals surface area contributed by atoms with Gasteiger partial charge in [-0.05, 0) is 35.2 Å². The Morgan fingerprint density at radius 1 is 0.806 bits per heavy atom. The van der Waals surface area contributed by atoms with Crippen LogP contribution in [0.25, 0.3) is 0 Å². The van der Waals surface area contributed by atoms with Gasteiger partial charge in [-0.25, -0.2) is 4.79 Å². The molecule has 0 saturated heterocycles. The molecule has 1 amide bonds. The number of carbonyl (C=O) groups excluding carboxylic acids is 2. The van der Waals surface area contributed by atoms with Gasteiger partial charge in [0.25, 0.3) is 0 Å². The maximum absolute atomic E-state index is 13.2. The Balaban J connectivity index is 1.73. The van der Waals surface area contributed by atoms with E-state index in [0.29, 0.717) is 19.4 Å². The Morgan fingerprint density at radius 3 is 1.90 bits per heavy atom. The van der Waals surface area contributed by atoms with E-state index in [4.69, 9.17) is 4.74 Å². The van der Waals surface area contributed by atoms with Crippen LogP contribution < -0.4 is 10.6 Å². The zero-order chi connectivity index (χ0) is 21.9. The number of ether oxygens (including phenoxy) is 1. The number of pyridine rings is 1. The zero-order valence-corrected chi connectivity index (χ0v) is 17.5. The Morgan fingerprint density at radius 2 is 1.35 bits per heavy atom. The monoisotopic (exact) mass is 417 g/mol. The van der Waals surface area contributed by atoms with Crippen molar-refractivity contribution in [2.24, 2.45) is 0 Å². The van der Waals surface area contributed by atoms with E-state index in [1.807, 2.05) is 72.8 Å². The van der Waals surface area contributed by atoms with E-state index in [1.54, 1.807) is 12.4 Å². The van der Waals surface area contributed by atoms with Gasteiger partial charge < -0.3 is 15.4 Å². The number of carbonyl (C=O) groups is 2. The summed E-state index contributed by atoms with van der Waals surface area (Å²) >= 11 is 0. The van der Waals surface area contributed by atoms with Gasteiger partial charge in [-0.1, -0.05) is 60.7 Å². The summed E-state index contributed by atoms with van der Waals surface area (Å²) in [5.74, 6) is -0.714. The molecular weight excluding hydrogens is 390 g/mol. The second-order valence-electron chi connectivity index (χ2n) is 7.25. The van der Waals surface area contributed by atoms with Crippen molar-refractivity contribution >= 4 is 11.9 Å². The summed E-state index contributed by atoms with van der Waals surface area (Å²) in [5, 5.41) is 6.20. The molecule has 0 fully saturated rings. The van der Waals surface area contributed by atoms with Crippen LogP contribution in [-0.2, 0) is 33.7 Å². The second kappa shape index (κ2) is 11.6. The van der Waals surface area contributed by atoms with Crippen molar-refractivity contribution in [2.75, 3.05) is 7.11 Å². The van der Waals surface area contributed by atoms with Crippen LogP contribution in [0, 0.1) is 0 Å². The normalized spacial score (nSPS) is 12.5. The Hall–Kier alpha value is -3.51. The number of hydrogen-bond donors (Lipinski definition) is 2. The van der Waals surface area contributed by atoms with Crippen molar-refractivity contribution in [1.82, 2.24) is 15.6 Å². The lowest BCUT2D eigenvalue weighted by Gasteiger charge is -2.23. The summed E-state index contributed by atoms with van der Waals surface area (Å²) in [4.78, 5) is 29.6. The first-order chi connectivity index (χ1) is 15.2. The Kier molecular flexibility index (Phi) is 8.31. The van der Waals surface area contributed by atoms with Crippen molar-refractivity contribution in [1.29, 1.82) is 0 Å². The van der Waals surface area contributed by atoms with E-state index in [-0.39, 0.29) is 5.91 Å². The molecule has 31 heavy (non-hydrogen) atoms. The van der Waals surface area contributed by atoms with Gasteiger partial charge in [-0.2, -0.15) is 0 Å². The summed E-state index contributed by atoms with van der Waals surface area (Å²) in [6, 6.07) is 21.9. The van der Waals surface area contributed by atoms with Gasteiger partial charge in [0.2, 0.25) is 5.91 Å². The predicted octanol–water partition coefficient (Wildman–Crippen LogP) is 2.68. The first kappa shape index (κ1) is 22.2. The van der Waals surface area contributed by atoms with Gasteiger partial charge >= 0.3 is 5.97 Å². The van der Waals surface area contributed by atoms with E-state index < -0.39 is 18.1 Å². The van der Waals surface area contributed by atoms with Crippen molar-refractivity contribution in [3.05, 3.63) is 102 Å². The summed E-state index contributed by atoms with van der Waals surface area (Å²) in [6.45, 7) is 0.509. The van der Waals surface area contributed by atoms with E-state index >= 15 is 0 Å². The number of nitrogens with zero attached hydrogens (tertiary/aromatic N) is 1. The summed E-state index contributed by atoms with van der Waals surface area (Å²) in [5.41, 5.74) is 3.00. The quantitative estimate of drug-likeness (QED) is 0.496. The fraction of sp³-hybridized carbons (Fsp3) is 0.240. The molecule has 0 bridgehead atoms. The van der Waals surface area contributed by atoms with Gasteiger partial charge in [0, 0.05) is 25.4 Å². The number of nitrogens with one attached hydrogen (secondary N) is 2. The number of esters is 1. The molecule has 2 atom stereocenters. The molecule has 0 saturated carbocycles. The molecule has 0 aliphatic heterocycles. The first-order valence-corrected chi connectivity index (χ1v) is 10.2. The second-order valence-corrected chi connectivity index (χ2v) is 7.25. The minimum atomic E-state index is -0.763. The number of rotatable bonds is 10. The SMILES string of the molecule is COC(=O)[C@H](Cc1ccccc1)NC(=O)[C@H](Cc1ccccc1)NCc1ccncc1. The van der Waals surface area contributed by atoms with Gasteiger partial charge in [-0.3, -0.25) is 9.78 Å². The highest BCUT2D eigenvalue weighted by Crippen LogP contribution is 2.08. The Bertz CT molecular complexity index is 950. The van der Waals surface area contributed by atoms with Crippen LogP contribution in [0.1, 0.15) is 16.7 Å². The van der Waals surface area contributed by atoms with Gasteiger partial charge in [0.15, 0.2) is 0 Å². The molecule has 0 spiro atoms. The minimum absolute atomic E-state index is 0.246. The largest absolute Gasteiger partial charge is 0.467 e. The molecule has 6 heteroatoms. The van der Waals surface area contributed by atoms with E-state index in [0.717, 1.165) is 16.7 Å². The van der Waals surface area contributed by atoms with Gasteiger partial charge in [0.05, 0.1) is 13.2 Å². The first-order valence-electron chi connectivity index (χ1n) is 10.2. The third-order valence-electron chi connectivity index (χ3n) is 4.99. The van der Waals surface area contributed by atoms with Crippen molar-refractivity contribution in [3.63, 3.8) is 0 Å². The van der Waals surface area contributed by atoms with E-state index in [2.05, 4.69) is 15.6 Å². The molecule has 2 aromatic carbocycles. The molecular formula is C25H27N3O3. The molecule has 2 N–H and O–H groups in total. The molecule has 0 radical (unpaired) electrons. The average molecular weight is 418 g/mol. The molecule has 3 aromatic rings. The maximum atomic E-state index is 13.2. The molecule has 0 aliphatic carbocycles. The lowest BCUT2D eigenvalue weighted by Crippen LogP contribution is -2.51. The summed E-state index contributed by atoms with van der Waals surface area (Å²) in [6.07, 6.45) is 4.30. The highest BCUT2D eigenvalue weighted by atomic mass is 16.5. The third-order valence-corrected chi connectivity index (χ3v) is 4.99. The lowest BCUT2D eigenvalue weighted by molar-refractivity contribution is -0.145. The smallest absolute Gasteiger partial charge is 0.328 e. The zero-order valence-electron chi connectivity index (χ0n) is 17.5. The topological polar surface area (TPSA) is 80.3 Å². The fourth-order valence-corrected chi connectivity index (χ4v) is 3.31. The van der Waals surface area contributed by atoms with Crippen LogP contribution >= 0.6 is 0 Å². The van der Waals surface area contributed by atoms with Crippen LogP contribution in [0.3, 0.4) is 0 Å². The summed E-state index contributed by atoms with van der Waals surface area (Å²) in [7, 11) is 1.33. The highest BCUT2D eigenvalue weighted by Gasteiger charge is 2.26. The van der Waals surface area contributed by atoms with Crippen molar-refractivity contribution in [2.45, 2.75) is 31.5 Å². The molecule has 6 nitrogen and oxygen atoms in total. The number of amides is 1. The van der Waals surface area contributed by atoms with Crippen LogP contribution in [0.2, 0.25) is 0 Å². The third kappa shape index (κ3) is 7.04. The molecule has 3 rings (SSSR count). The molecule has 0 unspecified atom stereocenters. The number of benzene rings is 2. The van der Waals surface area contributed by atoms with Crippen LogP contribution in [0.4, 0.5) is 0 Å². The number of aromatic nitrogens is 1. The predicted molar refractivity (Wildman–Crippen MR) is 119 cm³/mol. The van der Waals surface area contributed by atoms with Crippen LogP contribution in [0.5, 0.6) is 0 Å². The number of methoxy groups -OCH3 is 1. The van der Waals surface area contributed by atoms with Gasteiger partial charge in [-0.15, -0.1) is 0 Å². The molecule has 1 heterocycles. The molecule has 0 aliphatic rings. The molecule has 1 aromatic heterocycles. The Labute approximate surface area is 182 Å². The van der Waals surface area contributed by atoms with Crippen molar-refractivity contribution < 1.29 is 14.3 Å². The number of hydrogen-bond acceptors (Lipinski definition) is 5. The highest BCUT2D eigenvalue weighted by molar-refractivity contribution is 5.88. The van der Waals surface area contributed by atoms with Crippen LogP contribution in [0.15, 0.2) is 85.2 Å². The summed E-state index contributed by atoms with van der Waals surface area (Å²) < 4.78 is 4.93. The van der Waals surface area contributed by atoms with Crippen molar-refractivity contribution in [3.8, 4) is 0 Å². The maximum Gasteiger partial charge on any atom is 0.328 e. The minimum Gasteiger partial charge on any atom is -0.467 e. The average Bonchev–Trinajstić information content (AvgIpc) is 2.82. The van der Waals surface area contributed by atoms with Crippen LogP contribution in [-0.4, -0.2) is 36.1 Å².